The molecule has 0 saturated heterocycles. The molecular formula is C18H21N3O2. The highest BCUT2D eigenvalue weighted by Gasteiger charge is 2.15. The van der Waals surface area contributed by atoms with Gasteiger partial charge in [-0.3, -0.25) is 14.6 Å². The number of aryl methyl sites for hydroxylation is 2. The van der Waals surface area contributed by atoms with Gasteiger partial charge >= 0.3 is 0 Å². The summed E-state index contributed by atoms with van der Waals surface area (Å²) in [4.78, 5) is 29.7. The number of anilines is 1. The highest BCUT2D eigenvalue weighted by Crippen LogP contribution is 2.16. The lowest BCUT2D eigenvalue weighted by Gasteiger charge is -2.20. The molecule has 0 unspecified atom stereocenters. The zero-order chi connectivity index (χ0) is 16.8. The quantitative estimate of drug-likeness (QED) is 0.923. The van der Waals surface area contributed by atoms with E-state index in [9.17, 15) is 9.59 Å². The van der Waals surface area contributed by atoms with Gasteiger partial charge in [-0.15, -0.1) is 0 Å². The molecule has 0 aliphatic heterocycles. The van der Waals surface area contributed by atoms with Crippen LogP contribution >= 0.6 is 0 Å². The van der Waals surface area contributed by atoms with Crippen LogP contribution in [0.1, 0.15) is 23.7 Å². The first kappa shape index (κ1) is 16.7. The van der Waals surface area contributed by atoms with Crippen LogP contribution < -0.4 is 5.32 Å². The van der Waals surface area contributed by atoms with Crippen LogP contribution in [-0.2, 0) is 16.1 Å². The molecule has 1 N–H and O–H groups in total. The number of nitrogens with one attached hydrogen (secondary N) is 1. The van der Waals surface area contributed by atoms with E-state index in [0.717, 1.165) is 22.5 Å². The average molecular weight is 311 g/mol. The predicted molar refractivity (Wildman–Crippen MR) is 89.9 cm³/mol. The van der Waals surface area contributed by atoms with Crippen LogP contribution in [0.25, 0.3) is 0 Å². The fraction of sp³-hybridized carbons (Fsp3) is 0.278. The van der Waals surface area contributed by atoms with E-state index in [4.69, 9.17) is 0 Å². The Hall–Kier alpha value is -2.69. The molecule has 1 aromatic heterocycles. The molecule has 5 nitrogen and oxygen atoms in total. The summed E-state index contributed by atoms with van der Waals surface area (Å²) in [5.41, 5.74) is 3.59. The van der Waals surface area contributed by atoms with Crippen molar-refractivity contribution < 1.29 is 9.59 Å². The molecule has 0 spiro atoms. The highest BCUT2D eigenvalue weighted by atomic mass is 16.2. The molecular weight excluding hydrogens is 290 g/mol. The number of aromatic nitrogens is 1. The zero-order valence-corrected chi connectivity index (χ0v) is 13.7. The van der Waals surface area contributed by atoms with Gasteiger partial charge in [0, 0.05) is 18.8 Å². The number of hydrogen-bond donors (Lipinski definition) is 1. The van der Waals surface area contributed by atoms with E-state index < -0.39 is 0 Å². The number of pyridine rings is 1. The minimum absolute atomic E-state index is 0.000705. The lowest BCUT2D eigenvalue weighted by atomic mass is 10.1. The van der Waals surface area contributed by atoms with Crippen molar-refractivity contribution in [2.75, 3.05) is 11.9 Å². The third-order valence-electron chi connectivity index (χ3n) is 3.53. The van der Waals surface area contributed by atoms with Crippen LogP contribution in [0.4, 0.5) is 5.69 Å². The molecule has 2 amide bonds. The molecule has 5 heteroatoms. The Labute approximate surface area is 136 Å². The molecule has 23 heavy (non-hydrogen) atoms. The molecule has 2 rings (SSSR count). The largest absolute Gasteiger partial charge is 0.328 e. The van der Waals surface area contributed by atoms with Gasteiger partial charge < -0.3 is 10.2 Å². The van der Waals surface area contributed by atoms with Crippen molar-refractivity contribution in [3.05, 3.63) is 59.4 Å². The van der Waals surface area contributed by atoms with Crippen molar-refractivity contribution in [1.29, 1.82) is 0 Å². The van der Waals surface area contributed by atoms with Crippen LogP contribution in [0.2, 0.25) is 0 Å². The first-order valence-corrected chi connectivity index (χ1v) is 7.48. The number of hydrogen-bond acceptors (Lipinski definition) is 3. The number of rotatable bonds is 5. The van der Waals surface area contributed by atoms with Crippen molar-refractivity contribution in [2.45, 2.75) is 27.3 Å². The van der Waals surface area contributed by atoms with Crippen LogP contribution in [0.15, 0.2) is 42.6 Å². The minimum atomic E-state index is -0.218. The maximum atomic E-state index is 12.3. The second kappa shape index (κ2) is 7.54. The third-order valence-corrected chi connectivity index (χ3v) is 3.53. The molecule has 1 heterocycles. The molecule has 0 atom stereocenters. The molecule has 0 bridgehead atoms. The Kier molecular flexibility index (Phi) is 5.46. The van der Waals surface area contributed by atoms with Gasteiger partial charge in [0.05, 0.1) is 12.2 Å². The average Bonchev–Trinajstić information content (AvgIpc) is 2.51. The van der Waals surface area contributed by atoms with E-state index in [2.05, 4.69) is 10.3 Å². The fourth-order valence-electron chi connectivity index (χ4n) is 2.20. The normalized spacial score (nSPS) is 10.2. The monoisotopic (exact) mass is 311 g/mol. The summed E-state index contributed by atoms with van der Waals surface area (Å²) < 4.78 is 0. The predicted octanol–water partition coefficient (Wildman–Crippen LogP) is 2.69. The first-order chi connectivity index (χ1) is 11.0. The Balaban J connectivity index is 2.03. The Morgan fingerprint density at radius 1 is 1.17 bits per heavy atom. The minimum Gasteiger partial charge on any atom is -0.328 e. The lowest BCUT2D eigenvalue weighted by Crippen LogP contribution is -2.36. The summed E-state index contributed by atoms with van der Waals surface area (Å²) in [5.74, 6) is -0.378. The first-order valence-electron chi connectivity index (χ1n) is 7.48. The van der Waals surface area contributed by atoms with Gasteiger partial charge in [0.1, 0.15) is 6.54 Å². The second-order valence-corrected chi connectivity index (χ2v) is 5.56. The van der Waals surface area contributed by atoms with E-state index in [0.29, 0.717) is 6.54 Å². The smallest absolute Gasteiger partial charge is 0.244 e. The number of amides is 2. The summed E-state index contributed by atoms with van der Waals surface area (Å²) in [7, 11) is 0. The highest BCUT2D eigenvalue weighted by molar-refractivity contribution is 5.94. The van der Waals surface area contributed by atoms with Gasteiger partial charge in [-0.05, 0) is 43.2 Å². The standard InChI is InChI=1S/C18H21N3O2/c1-13-7-8-14(2)17(10-13)20-18(23)12-21(15(3)22)11-16-6-4-5-9-19-16/h4-10H,11-12H2,1-3H3,(H,20,23). The van der Waals surface area contributed by atoms with Crippen LogP contribution in [0.3, 0.4) is 0 Å². The van der Waals surface area contributed by atoms with Crippen LogP contribution in [0, 0.1) is 13.8 Å². The molecule has 0 radical (unpaired) electrons. The van der Waals surface area contributed by atoms with Gasteiger partial charge in [-0.2, -0.15) is 0 Å². The molecule has 0 fully saturated rings. The Morgan fingerprint density at radius 2 is 1.96 bits per heavy atom. The van der Waals surface area contributed by atoms with E-state index in [-0.39, 0.29) is 18.4 Å². The van der Waals surface area contributed by atoms with Gasteiger partial charge in [0.2, 0.25) is 11.8 Å². The molecule has 0 aliphatic carbocycles. The number of carbonyl (C=O) groups excluding carboxylic acids is 2. The SMILES string of the molecule is CC(=O)N(CC(=O)Nc1cc(C)ccc1C)Cc1ccccn1. The summed E-state index contributed by atoms with van der Waals surface area (Å²) >= 11 is 0. The zero-order valence-electron chi connectivity index (χ0n) is 13.7. The van der Waals surface area contributed by atoms with Gasteiger partial charge in [-0.1, -0.05) is 18.2 Å². The van der Waals surface area contributed by atoms with Crippen LogP contribution in [0.5, 0.6) is 0 Å². The van der Waals surface area contributed by atoms with Gasteiger partial charge in [-0.25, -0.2) is 0 Å². The van der Waals surface area contributed by atoms with Crippen molar-refractivity contribution in [2.24, 2.45) is 0 Å². The Morgan fingerprint density at radius 3 is 2.61 bits per heavy atom. The number of benzene rings is 1. The molecule has 120 valence electrons. The summed E-state index contributed by atoms with van der Waals surface area (Å²) in [5, 5.41) is 2.87. The van der Waals surface area contributed by atoms with E-state index >= 15 is 0 Å². The lowest BCUT2D eigenvalue weighted by molar-refractivity contribution is -0.133. The maximum absolute atomic E-state index is 12.3. The fourth-order valence-corrected chi connectivity index (χ4v) is 2.20. The third kappa shape index (κ3) is 4.92. The number of nitrogens with zero attached hydrogens (tertiary/aromatic N) is 2. The van der Waals surface area contributed by atoms with Crippen molar-refractivity contribution in [3.8, 4) is 0 Å². The van der Waals surface area contributed by atoms with E-state index in [1.54, 1.807) is 6.20 Å². The molecule has 1 aromatic carbocycles. The molecule has 0 aliphatic rings. The van der Waals surface area contributed by atoms with Gasteiger partial charge in [0.25, 0.3) is 0 Å². The van der Waals surface area contributed by atoms with Crippen molar-refractivity contribution in [1.82, 2.24) is 9.88 Å². The van der Waals surface area contributed by atoms with Crippen LogP contribution in [-0.4, -0.2) is 28.2 Å². The van der Waals surface area contributed by atoms with E-state index in [1.807, 2.05) is 50.2 Å². The van der Waals surface area contributed by atoms with E-state index in [1.165, 1.54) is 11.8 Å². The summed E-state index contributed by atoms with van der Waals surface area (Å²) in [6.45, 7) is 5.67. The molecule has 0 saturated carbocycles. The topological polar surface area (TPSA) is 62.3 Å². The molecule has 2 aromatic rings. The van der Waals surface area contributed by atoms with Crippen molar-refractivity contribution >= 4 is 17.5 Å². The maximum Gasteiger partial charge on any atom is 0.244 e. The summed E-state index contributed by atoms with van der Waals surface area (Å²) in [6, 6.07) is 11.4. The summed E-state index contributed by atoms with van der Waals surface area (Å²) in [6.07, 6.45) is 1.67. The van der Waals surface area contributed by atoms with Crippen molar-refractivity contribution in [3.63, 3.8) is 0 Å². The van der Waals surface area contributed by atoms with Gasteiger partial charge in [0.15, 0.2) is 0 Å². The Bertz CT molecular complexity index is 699. The number of carbonyl (C=O) groups is 2. The second-order valence-electron chi connectivity index (χ2n) is 5.56.